The minimum Gasteiger partial charge on any atom is -0.299 e. The largest absolute Gasteiger partial charge is 0.299 e. The van der Waals surface area contributed by atoms with Crippen molar-refractivity contribution >= 4 is 20.0 Å². The zero-order chi connectivity index (χ0) is 18.0. The van der Waals surface area contributed by atoms with Crippen LogP contribution in [0.1, 0.15) is 11.1 Å². The molecule has 1 fully saturated rings. The van der Waals surface area contributed by atoms with Gasteiger partial charge in [0.1, 0.15) is 0 Å². The molecule has 1 aromatic carbocycles. The number of aryl methyl sites for hydroxylation is 2. The van der Waals surface area contributed by atoms with Crippen molar-refractivity contribution in [2.45, 2.75) is 18.7 Å². The summed E-state index contributed by atoms with van der Waals surface area (Å²) in [7, 11) is -6.67. The number of sulfonamides is 2. The summed E-state index contributed by atoms with van der Waals surface area (Å²) in [4.78, 5) is 2.36. The molecule has 1 N–H and O–H groups in total. The molecule has 24 heavy (non-hydrogen) atoms. The Hall–Kier alpha value is -1.00. The second kappa shape index (κ2) is 7.49. The molecular formula is C15H25N3O4S2. The minimum atomic E-state index is -3.53. The highest BCUT2D eigenvalue weighted by molar-refractivity contribution is 7.89. The molecule has 0 atom stereocenters. The molecule has 0 unspecified atom stereocenters. The lowest BCUT2D eigenvalue weighted by Gasteiger charge is -2.33. The number of hydrogen-bond donors (Lipinski definition) is 1. The van der Waals surface area contributed by atoms with Gasteiger partial charge in [-0.1, -0.05) is 17.7 Å². The molecule has 1 aliphatic rings. The summed E-state index contributed by atoms with van der Waals surface area (Å²) in [6.07, 6.45) is 1.21. The van der Waals surface area contributed by atoms with Crippen molar-refractivity contribution in [3.05, 3.63) is 29.3 Å². The van der Waals surface area contributed by atoms with Gasteiger partial charge in [-0.3, -0.25) is 4.90 Å². The Morgan fingerprint density at radius 1 is 1.04 bits per heavy atom. The van der Waals surface area contributed by atoms with E-state index in [4.69, 9.17) is 0 Å². The lowest BCUT2D eigenvalue weighted by molar-refractivity contribution is 0.192. The topological polar surface area (TPSA) is 86.8 Å². The quantitative estimate of drug-likeness (QED) is 0.765. The van der Waals surface area contributed by atoms with Gasteiger partial charge in [-0.05, 0) is 25.5 Å². The Bertz CT molecular complexity index is 783. The van der Waals surface area contributed by atoms with E-state index >= 15 is 0 Å². The summed E-state index contributed by atoms with van der Waals surface area (Å²) in [5, 5.41) is 0. The second-order valence-corrected chi connectivity index (χ2v) is 9.89. The Balaban J connectivity index is 1.86. The third kappa shape index (κ3) is 5.00. The van der Waals surface area contributed by atoms with Crippen LogP contribution in [0.5, 0.6) is 0 Å². The average molecular weight is 376 g/mol. The van der Waals surface area contributed by atoms with Gasteiger partial charge in [-0.2, -0.15) is 4.31 Å². The smallest absolute Gasteiger partial charge is 0.240 e. The first-order chi connectivity index (χ1) is 11.1. The van der Waals surface area contributed by atoms with Crippen molar-refractivity contribution < 1.29 is 16.8 Å². The standard InChI is InChI=1S/C15H25N3O4S2/c1-13-4-5-15(14(2)12-13)24(21,22)16-6-7-17-8-10-18(11-9-17)23(3,19)20/h4-5,12,16H,6-11H2,1-3H3. The Morgan fingerprint density at radius 3 is 2.21 bits per heavy atom. The molecule has 2 rings (SSSR count). The van der Waals surface area contributed by atoms with Gasteiger partial charge in [0.25, 0.3) is 0 Å². The molecule has 1 heterocycles. The van der Waals surface area contributed by atoms with E-state index in [0.717, 1.165) is 11.1 Å². The normalized spacial score (nSPS) is 18.0. The molecule has 136 valence electrons. The molecule has 1 aromatic rings. The minimum absolute atomic E-state index is 0.300. The highest BCUT2D eigenvalue weighted by atomic mass is 32.2. The van der Waals surface area contributed by atoms with E-state index in [0.29, 0.717) is 44.2 Å². The van der Waals surface area contributed by atoms with Crippen LogP contribution in [0.3, 0.4) is 0 Å². The molecule has 0 spiro atoms. The molecule has 7 nitrogen and oxygen atoms in total. The molecule has 9 heteroatoms. The monoisotopic (exact) mass is 375 g/mol. The van der Waals surface area contributed by atoms with E-state index in [2.05, 4.69) is 9.62 Å². The molecule has 0 saturated carbocycles. The summed E-state index contributed by atoms with van der Waals surface area (Å²) >= 11 is 0. The second-order valence-electron chi connectivity index (χ2n) is 6.17. The van der Waals surface area contributed by atoms with Gasteiger partial charge in [0.15, 0.2) is 0 Å². The zero-order valence-corrected chi connectivity index (χ0v) is 16.0. The van der Waals surface area contributed by atoms with Crippen LogP contribution in [0, 0.1) is 13.8 Å². The first-order valence-corrected chi connectivity index (χ1v) is 11.2. The van der Waals surface area contributed by atoms with Crippen molar-refractivity contribution in [3.63, 3.8) is 0 Å². The van der Waals surface area contributed by atoms with Crippen LogP contribution in [-0.2, 0) is 20.0 Å². The molecule has 0 amide bonds. The van der Waals surface area contributed by atoms with Gasteiger partial charge in [0.2, 0.25) is 20.0 Å². The molecule has 0 radical (unpaired) electrons. The van der Waals surface area contributed by atoms with E-state index in [1.807, 2.05) is 13.0 Å². The van der Waals surface area contributed by atoms with Crippen LogP contribution in [0.15, 0.2) is 23.1 Å². The molecule has 0 bridgehead atoms. The van der Waals surface area contributed by atoms with E-state index in [9.17, 15) is 16.8 Å². The van der Waals surface area contributed by atoms with Gasteiger partial charge in [-0.15, -0.1) is 0 Å². The lowest BCUT2D eigenvalue weighted by Crippen LogP contribution is -2.49. The van der Waals surface area contributed by atoms with Gasteiger partial charge in [0, 0.05) is 39.3 Å². The highest BCUT2D eigenvalue weighted by Crippen LogP contribution is 2.16. The first-order valence-electron chi connectivity index (χ1n) is 7.84. The van der Waals surface area contributed by atoms with Crippen molar-refractivity contribution in [2.75, 3.05) is 45.5 Å². The molecular weight excluding hydrogens is 350 g/mol. The predicted octanol–water partition coefficient (Wildman–Crippen LogP) is 0.159. The van der Waals surface area contributed by atoms with Crippen molar-refractivity contribution in [1.29, 1.82) is 0 Å². The fourth-order valence-corrected chi connectivity index (χ4v) is 4.87. The third-order valence-electron chi connectivity index (χ3n) is 4.14. The van der Waals surface area contributed by atoms with Gasteiger partial charge in [0.05, 0.1) is 11.2 Å². The number of hydrogen-bond acceptors (Lipinski definition) is 5. The number of rotatable bonds is 6. The van der Waals surface area contributed by atoms with Crippen LogP contribution < -0.4 is 4.72 Å². The van der Waals surface area contributed by atoms with Crippen LogP contribution in [0.4, 0.5) is 0 Å². The maximum absolute atomic E-state index is 12.4. The average Bonchev–Trinajstić information content (AvgIpc) is 2.46. The Labute approximate surface area is 144 Å². The van der Waals surface area contributed by atoms with E-state index in [-0.39, 0.29) is 0 Å². The summed E-state index contributed by atoms with van der Waals surface area (Å²) < 4.78 is 51.7. The number of piperazine rings is 1. The van der Waals surface area contributed by atoms with Crippen molar-refractivity contribution in [3.8, 4) is 0 Å². The first kappa shape index (κ1) is 19.3. The maximum Gasteiger partial charge on any atom is 0.240 e. The fourth-order valence-electron chi connectivity index (χ4n) is 2.80. The van der Waals surface area contributed by atoms with E-state index in [1.54, 1.807) is 19.1 Å². The summed E-state index contributed by atoms with van der Waals surface area (Å²) in [5.74, 6) is 0. The van der Waals surface area contributed by atoms with Crippen LogP contribution in [0.25, 0.3) is 0 Å². The van der Waals surface area contributed by atoms with Crippen LogP contribution in [0.2, 0.25) is 0 Å². The van der Waals surface area contributed by atoms with Crippen molar-refractivity contribution in [2.24, 2.45) is 0 Å². The number of nitrogens with one attached hydrogen (secondary N) is 1. The van der Waals surface area contributed by atoms with Gasteiger partial charge in [-0.25, -0.2) is 21.6 Å². The van der Waals surface area contributed by atoms with Crippen LogP contribution >= 0.6 is 0 Å². The SMILES string of the molecule is Cc1ccc(S(=O)(=O)NCCN2CCN(S(C)(=O)=O)CC2)c(C)c1. The zero-order valence-electron chi connectivity index (χ0n) is 14.3. The van der Waals surface area contributed by atoms with Gasteiger partial charge < -0.3 is 0 Å². The summed E-state index contributed by atoms with van der Waals surface area (Å²) in [6.45, 7) is 6.68. The van der Waals surface area contributed by atoms with Crippen molar-refractivity contribution in [1.82, 2.24) is 13.9 Å². The molecule has 0 aromatic heterocycles. The number of nitrogens with zero attached hydrogens (tertiary/aromatic N) is 2. The summed E-state index contributed by atoms with van der Waals surface area (Å²) in [5.41, 5.74) is 1.75. The fraction of sp³-hybridized carbons (Fsp3) is 0.600. The lowest BCUT2D eigenvalue weighted by atomic mass is 10.2. The van der Waals surface area contributed by atoms with E-state index in [1.165, 1.54) is 10.6 Å². The maximum atomic E-state index is 12.4. The molecule has 1 saturated heterocycles. The van der Waals surface area contributed by atoms with Gasteiger partial charge >= 0.3 is 0 Å². The number of benzene rings is 1. The molecule has 0 aliphatic carbocycles. The van der Waals surface area contributed by atoms with E-state index < -0.39 is 20.0 Å². The summed E-state index contributed by atoms with van der Waals surface area (Å²) in [6, 6.07) is 5.25. The highest BCUT2D eigenvalue weighted by Gasteiger charge is 2.23. The van der Waals surface area contributed by atoms with Crippen LogP contribution in [-0.4, -0.2) is 71.6 Å². The third-order valence-corrected chi connectivity index (χ3v) is 7.06. The Morgan fingerprint density at radius 2 is 1.67 bits per heavy atom. The molecule has 1 aliphatic heterocycles. The predicted molar refractivity (Wildman–Crippen MR) is 94.0 cm³/mol. The Kier molecular flexibility index (Phi) is 6.03.